The molecule has 0 spiro atoms. The van der Waals surface area contributed by atoms with E-state index in [9.17, 15) is 8.78 Å². The molecular weight excluding hydrogens is 280 g/mol. The highest BCUT2D eigenvalue weighted by Gasteiger charge is 2.12. The molecule has 0 saturated carbocycles. The Kier molecular flexibility index (Phi) is 2.91. The van der Waals surface area contributed by atoms with E-state index < -0.39 is 11.6 Å². The highest BCUT2D eigenvalue weighted by atomic mass is 79.9. The Morgan fingerprint density at radius 2 is 2.06 bits per heavy atom. The predicted octanol–water partition coefficient (Wildman–Crippen LogP) is 2.95. The van der Waals surface area contributed by atoms with E-state index in [1.807, 2.05) is 0 Å². The van der Waals surface area contributed by atoms with Crippen molar-refractivity contribution in [2.45, 2.75) is 0 Å². The van der Waals surface area contributed by atoms with Crippen LogP contribution in [0.15, 0.2) is 29.0 Å². The predicted molar refractivity (Wildman–Crippen MR) is 60.7 cm³/mol. The van der Waals surface area contributed by atoms with Crippen molar-refractivity contribution in [3.63, 3.8) is 0 Å². The molecule has 2 rings (SSSR count). The normalized spacial score (nSPS) is 10.5. The number of benzene rings is 1. The van der Waals surface area contributed by atoms with E-state index >= 15 is 0 Å². The Morgan fingerprint density at radius 1 is 1.31 bits per heavy atom. The van der Waals surface area contributed by atoms with Crippen LogP contribution in [0.1, 0.15) is 0 Å². The van der Waals surface area contributed by atoms with Crippen molar-refractivity contribution in [1.29, 1.82) is 0 Å². The maximum Gasteiger partial charge on any atom is 0.207 e. The standard InChI is InChI=1S/C10H8BrF2N3/c1-14-10-15-2-3-16(10)9-4-6(11)7(12)5-8(9)13/h2-5H,1H3,(H,14,15). The largest absolute Gasteiger partial charge is 0.358 e. The number of hydrogen-bond donors (Lipinski definition) is 1. The summed E-state index contributed by atoms with van der Waals surface area (Å²) in [5, 5.41) is 2.81. The van der Waals surface area contributed by atoms with E-state index in [4.69, 9.17) is 0 Å². The van der Waals surface area contributed by atoms with Crippen LogP contribution in [0.2, 0.25) is 0 Å². The van der Waals surface area contributed by atoms with Gasteiger partial charge in [0.25, 0.3) is 0 Å². The summed E-state index contributed by atoms with van der Waals surface area (Å²) < 4.78 is 28.3. The first-order valence-electron chi connectivity index (χ1n) is 4.49. The van der Waals surface area contributed by atoms with Crippen LogP contribution < -0.4 is 5.32 Å². The number of nitrogens with zero attached hydrogens (tertiary/aromatic N) is 2. The van der Waals surface area contributed by atoms with Gasteiger partial charge in [-0.25, -0.2) is 13.8 Å². The van der Waals surface area contributed by atoms with Gasteiger partial charge in [0.15, 0.2) is 0 Å². The SMILES string of the molecule is CNc1nccn1-c1cc(Br)c(F)cc1F. The van der Waals surface area contributed by atoms with E-state index in [1.54, 1.807) is 13.2 Å². The van der Waals surface area contributed by atoms with Gasteiger partial charge in [-0.15, -0.1) is 0 Å². The first-order chi connectivity index (χ1) is 7.63. The molecule has 16 heavy (non-hydrogen) atoms. The van der Waals surface area contributed by atoms with Crippen molar-refractivity contribution >= 4 is 21.9 Å². The van der Waals surface area contributed by atoms with Crippen LogP contribution in [0, 0.1) is 11.6 Å². The molecule has 1 N–H and O–H groups in total. The smallest absolute Gasteiger partial charge is 0.207 e. The Hall–Kier alpha value is -1.43. The molecular formula is C10H8BrF2N3. The molecule has 0 unspecified atom stereocenters. The molecule has 84 valence electrons. The molecule has 0 fully saturated rings. The molecule has 1 heterocycles. The quantitative estimate of drug-likeness (QED) is 0.861. The molecule has 6 heteroatoms. The van der Waals surface area contributed by atoms with Gasteiger partial charge < -0.3 is 5.32 Å². The van der Waals surface area contributed by atoms with E-state index in [-0.39, 0.29) is 10.2 Å². The molecule has 0 atom stereocenters. The summed E-state index contributed by atoms with van der Waals surface area (Å²) in [6.45, 7) is 0. The Bertz CT molecular complexity index is 525. The van der Waals surface area contributed by atoms with Gasteiger partial charge in [0.05, 0.1) is 10.2 Å². The molecule has 0 amide bonds. The first-order valence-corrected chi connectivity index (χ1v) is 5.29. The zero-order valence-electron chi connectivity index (χ0n) is 8.34. The fourth-order valence-corrected chi connectivity index (χ4v) is 1.71. The highest BCUT2D eigenvalue weighted by Crippen LogP contribution is 2.24. The topological polar surface area (TPSA) is 29.9 Å². The average Bonchev–Trinajstić information content (AvgIpc) is 2.71. The highest BCUT2D eigenvalue weighted by molar-refractivity contribution is 9.10. The maximum absolute atomic E-state index is 13.6. The molecule has 0 aliphatic carbocycles. The van der Waals surface area contributed by atoms with Gasteiger partial charge >= 0.3 is 0 Å². The van der Waals surface area contributed by atoms with Crippen LogP contribution in [0.25, 0.3) is 5.69 Å². The van der Waals surface area contributed by atoms with Gasteiger partial charge in [0.1, 0.15) is 11.6 Å². The number of hydrogen-bond acceptors (Lipinski definition) is 2. The summed E-state index contributed by atoms with van der Waals surface area (Å²) in [6, 6.07) is 2.20. The minimum atomic E-state index is -0.643. The summed E-state index contributed by atoms with van der Waals surface area (Å²) in [5.41, 5.74) is 0.232. The minimum absolute atomic E-state index is 0.208. The molecule has 0 aliphatic rings. The number of imidazole rings is 1. The molecule has 3 nitrogen and oxygen atoms in total. The van der Waals surface area contributed by atoms with Gasteiger partial charge in [0.2, 0.25) is 5.95 Å². The second-order valence-electron chi connectivity index (χ2n) is 3.09. The number of aromatic nitrogens is 2. The van der Waals surface area contributed by atoms with E-state index in [2.05, 4.69) is 26.2 Å². The lowest BCUT2D eigenvalue weighted by Crippen LogP contribution is -2.03. The summed E-state index contributed by atoms with van der Waals surface area (Å²) >= 11 is 3.02. The van der Waals surface area contributed by atoms with Gasteiger partial charge in [-0.2, -0.15) is 0 Å². The van der Waals surface area contributed by atoms with Crippen molar-refractivity contribution < 1.29 is 8.78 Å². The second-order valence-corrected chi connectivity index (χ2v) is 3.94. The van der Waals surface area contributed by atoms with Crippen molar-refractivity contribution in [2.75, 3.05) is 12.4 Å². The molecule has 0 aliphatic heterocycles. The summed E-state index contributed by atoms with van der Waals surface area (Å²) in [5.74, 6) is -0.792. The Balaban J connectivity index is 2.60. The fourth-order valence-electron chi connectivity index (χ4n) is 1.38. The number of rotatable bonds is 2. The van der Waals surface area contributed by atoms with Crippen molar-refractivity contribution in [1.82, 2.24) is 9.55 Å². The number of halogens is 3. The summed E-state index contributed by atoms with van der Waals surface area (Å²) in [7, 11) is 1.68. The lowest BCUT2D eigenvalue weighted by atomic mass is 10.3. The molecule has 0 saturated heterocycles. The van der Waals surface area contributed by atoms with E-state index in [0.717, 1.165) is 6.07 Å². The van der Waals surface area contributed by atoms with Gasteiger partial charge in [0, 0.05) is 25.5 Å². The van der Waals surface area contributed by atoms with Crippen molar-refractivity contribution in [3.05, 3.63) is 40.6 Å². The monoisotopic (exact) mass is 287 g/mol. The third-order valence-corrected chi connectivity index (χ3v) is 2.72. The van der Waals surface area contributed by atoms with Crippen LogP contribution in [0.5, 0.6) is 0 Å². The Morgan fingerprint density at radius 3 is 2.75 bits per heavy atom. The molecule has 2 aromatic rings. The average molecular weight is 288 g/mol. The molecule has 0 bridgehead atoms. The van der Waals surface area contributed by atoms with Gasteiger partial charge in [-0.3, -0.25) is 4.57 Å². The van der Waals surface area contributed by atoms with Crippen LogP contribution in [0.3, 0.4) is 0 Å². The van der Waals surface area contributed by atoms with Gasteiger partial charge in [-0.1, -0.05) is 0 Å². The van der Waals surface area contributed by atoms with Gasteiger partial charge in [-0.05, 0) is 22.0 Å². The van der Waals surface area contributed by atoms with Crippen molar-refractivity contribution in [2.24, 2.45) is 0 Å². The molecule has 1 aromatic carbocycles. The van der Waals surface area contributed by atoms with Crippen LogP contribution >= 0.6 is 15.9 Å². The summed E-state index contributed by atoms with van der Waals surface area (Å²) in [6.07, 6.45) is 3.12. The second kappa shape index (κ2) is 4.21. The zero-order valence-corrected chi connectivity index (χ0v) is 9.92. The first kappa shape index (κ1) is 11.1. The lowest BCUT2D eigenvalue weighted by molar-refractivity contribution is 0.574. The number of anilines is 1. The van der Waals surface area contributed by atoms with Crippen LogP contribution in [-0.4, -0.2) is 16.6 Å². The van der Waals surface area contributed by atoms with E-state index in [0.29, 0.717) is 5.95 Å². The van der Waals surface area contributed by atoms with E-state index in [1.165, 1.54) is 16.8 Å². The molecule has 0 radical (unpaired) electrons. The zero-order chi connectivity index (χ0) is 11.7. The maximum atomic E-state index is 13.6. The van der Waals surface area contributed by atoms with Crippen molar-refractivity contribution in [3.8, 4) is 5.69 Å². The number of nitrogens with one attached hydrogen (secondary N) is 1. The lowest BCUT2D eigenvalue weighted by Gasteiger charge is -2.09. The minimum Gasteiger partial charge on any atom is -0.358 e. The van der Waals surface area contributed by atoms with Crippen LogP contribution in [-0.2, 0) is 0 Å². The molecule has 1 aromatic heterocycles. The summed E-state index contributed by atoms with van der Waals surface area (Å²) in [4.78, 5) is 3.98. The third kappa shape index (κ3) is 1.80. The van der Waals surface area contributed by atoms with Crippen LogP contribution in [0.4, 0.5) is 14.7 Å². The fraction of sp³-hybridized carbons (Fsp3) is 0.100. The Labute approximate surface area is 99.2 Å². The third-order valence-electron chi connectivity index (χ3n) is 2.11.